The van der Waals surface area contributed by atoms with Crippen LogP contribution in [0.1, 0.15) is 15.9 Å². The molecule has 2 aromatic rings. The Hall–Kier alpha value is -2.57. The van der Waals surface area contributed by atoms with Gasteiger partial charge in [0.1, 0.15) is 30.8 Å². The Balaban J connectivity index is 1.50. The molecule has 0 saturated heterocycles. The van der Waals surface area contributed by atoms with Gasteiger partial charge in [0.15, 0.2) is 0 Å². The highest BCUT2D eigenvalue weighted by molar-refractivity contribution is 5.87. The highest BCUT2D eigenvalue weighted by Crippen LogP contribution is 2.22. The Morgan fingerprint density at radius 2 is 1.96 bits per heavy atom. The molecule has 2 aromatic carbocycles. The SMILES string of the molecule is O=C(O)c1ccc(OCC(O)CN2CCOc3ccccc3C2)cc1. The summed E-state index contributed by atoms with van der Waals surface area (Å²) in [6.07, 6.45) is -0.649. The molecule has 0 radical (unpaired) electrons. The first-order chi connectivity index (χ1) is 12.1. The summed E-state index contributed by atoms with van der Waals surface area (Å²) in [5.74, 6) is 0.457. The van der Waals surface area contributed by atoms with Crippen molar-refractivity contribution in [3.63, 3.8) is 0 Å². The molecule has 0 fully saturated rings. The second kappa shape index (κ2) is 8.00. The normalized spacial score (nSPS) is 15.6. The summed E-state index contributed by atoms with van der Waals surface area (Å²) in [6, 6.07) is 14.1. The van der Waals surface area contributed by atoms with E-state index < -0.39 is 12.1 Å². The van der Waals surface area contributed by atoms with E-state index >= 15 is 0 Å². The molecule has 6 heteroatoms. The van der Waals surface area contributed by atoms with Gasteiger partial charge in [-0.1, -0.05) is 18.2 Å². The fraction of sp³-hybridized carbons (Fsp3) is 0.316. The maximum atomic E-state index is 10.8. The first kappa shape index (κ1) is 17.3. The lowest BCUT2D eigenvalue weighted by Crippen LogP contribution is -2.36. The number of aliphatic hydroxyl groups is 1. The van der Waals surface area contributed by atoms with Crippen LogP contribution in [0.15, 0.2) is 48.5 Å². The van der Waals surface area contributed by atoms with Crippen LogP contribution < -0.4 is 9.47 Å². The van der Waals surface area contributed by atoms with Crippen LogP contribution in [-0.4, -0.2) is 53.5 Å². The van der Waals surface area contributed by atoms with E-state index in [9.17, 15) is 9.90 Å². The summed E-state index contributed by atoms with van der Waals surface area (Å²) in [5.41, 5.74) is 1.31. The minimum absolute atomic E-state index is 0.144. The highest BCUT2D eigenvalue weighted by Gasteiger charge is 2.18. The number of carboxylic acids is 1. The van der Waals surface area contributed by atoms with Gasteiger partial charge in [0.05, 0.1) is 5.56 Å². The number of aliphatic hydroxyl groups excluding tert-OH is 1. The number of carbonyl (C=O) groups is 1. The Labute approximate surface area is 146 Å². The van der Waals surface area contributed by atoms with Crippen molar-refractivity contribution in [1.29, 1.82) is 0 Å². The summed E-state index contributed by atoms with van der Waals surface area (Å²) in [5, 5.41) is 19.1. The minimum atomic E-state index is -0.977. The lowest BCUT2D eigenvalue weighted by atomic mass is 10.2. The molecule has 1 aliphatic rings. The van der Waals surface area contributed by atoms with Crippen LogP contribution in [0.2, 0.25) is 0 Å². The van der Waals surface area contributed by atoms with Gasteiger partial charge in [-0.3, -0.25) is 4.90 Å². The number of rotatable bonds is 6. The molecule has 0 amide bonds. The summed E-state index contributed by atoms with van der Waals surface area (Å²) in [7, 11) is 0. The maximum Gasteiger partial charge on any atom is 0.335 e. The lowest BCUT2D eigenvalue weighted by Gasteiger charge is -2.22. The van der Waals surface area contributed by atoms with Gasteiger partial charge in [0.2, 0.25) is 0 Å². The van der Waals surface area contributed by atoms with Crippen LogP contribution in [0.4, 0.5) is 0 Å². The third-order valence-corrected chi connectivity index (χ3v) is 4.04. The van der Waals surface area contributed by atoms with Crippen LogP contribution in [-0.2, 0) is 6.54 Å². The molecule has 1 aliphatic heterocycles. The standard InChI is InChI=1S/C19H21NO5/c21-16(13-25-17-7-5-14(6-8-17)19(22)23)12-20-9-10-24-18-4-2-1-3-15(18)11-20/h1-8,16,21H,9-13H2,(H,22,23). The third kappa shape index (κ3) is 4.71. The molecule has 132 valence electrons. The smallest absolute Gasteiger partial charge is 0.335 e. The summed E-state index contributed by atoms with van der Waals surface area (Å²) in [4.78, 5) is 13.0. The summed E-state index contributed by atoms with van der Waals surface area (Å²) in [6.45, 7) is 2.66. The largest absolute Gasteiger partial charge is 0.492 e. The second-order valence-corrected chi connectivity index (χ2v) is 5.99. The topological polar surface area (TPSA) is 79.2 Å². The van der Waals surface area contributed by atoms with E-state index in [4.69, 9.17) is 14.6 Å². The molecule has 0 aromatic heterocycles. The number of carboxylic acid groups (broad SMARTS) is 1. The molecular weight excluding hydrogens is 322 g/mol. The van der Waals surface area contributed by atoms with E-state index in [0.717, 1.165) is 24.4 Å². The van der Waals surface area contributed by atoms with Crippen molar-refractivity contribution >= 4 is 5.97 Å². The number of benzene rings is 2. The van der Waals surface area contributed by atoms with E-state index in [1.165, 1.54) is 12.1 Å². The molecule has 0 saturated carbocycles. The van der Waals surface area contributed by atoms with Gasteiger partial charge in [-0.15, -0.1) is 0 Å². The number of aromatic carboxylic acids is 1. The van der Waals surface area contributed by atoms with Crippen LogP contribution in [0, 0.1) is 0 Å². The van der Waals surface area contributed by atoms with Crippen molar-refractivity contribution < 1.29 is 24.5 Å². The van der Waals surface area contributed by atoms with Gasteiger partial charge in [0.25, 0.3) is 0 Å². The van der Waals surface area contributed by atoms with E-state index in [1.54, 1.807) is 12.1 Å². The predicted molar refractivity (Wildman–Crippen MR) is 92.1 cm³/mol. The van der Waals surface area contributed by atoms with E-state index in [1.807, 2.05) is 24.3 Å². The predicted octanol–water partition coefficient (Wildman–Crippen LogP) is 2.02. The van der Waals surface area contributed by atoms with Gasteiger partial charge in [-0.2, -0.15) is 0 Å². The van der Waals surface area contributed by atoms with E-state index in [2.05, 4.69) is 4.90 Å². The van der Waals surface area contributed by atoms with Gasteiger partial charge in [-0.05, 0) is 30.3 Å². The monoisotopic (exact) mass is 343 g/mol. The Kier molecular flexibility index (Phi) is 5.53. The number of fused-ring (bicyclic) bond motifs is 1. The molecule has 3 rings (SSSR count). The average Bonchev–Trinajstić information content (AvgIpc) is 2.82. The number of para-hydroxylation sites is 1. The van der Waals surface area contributed by atoms with Gasteiger partial charge < -0.3 is 19.7 Å². The maximum absolute atomic E-state index is 10.8. The van der Waals surface area contributed by atoms with Crippen molar-refractivity contribution in [3.8, 4) is 11.5 Å². The second-order valence-electron chi connectivity index (χ2n) is 5.99. The van der Waals surface area contributed by atoms with Gasteiger partial charge in [0, 0.05) is 25.2 Å². The molecule has 2 N–H and O–H groups in total. The van der Waals surface area contributed by atoms with Crippen LogP contribution in [0.5, 0.6) is 11.5 Å². The third-order valence-electron chi connectivity index (χ3n) is 4.04. The number of β-amino-alcohol motifs (C(OH)–C–C–N with tert-alkyl or cyclic N) is 1. The van der Waals surface area contributed by atoms with Crippen molar-refractivity contribution in [1.82, 2.24) is 4.90 Å². The molecule has 0 aliphatic carbocycles. The van der Waals surface area contributed by atoms with Crippen molar-refractivity contribution in [2.45, 2.75) is 12.6 Å². The number of hydrogen-bond donors (Lipinski definition) is 2. The Bertz CT molecular complexity index is 716. The van der Waals surface area contributed by atoms with Crippen LogP contribution in [0.3, 0.4) is 0 Å². The molecule has 0 bridgehead atoms. The molecule has 6 nitrogen and oxygen atoms in total. The van der Waals surface area contributed by atoms with Crippen LogP contribution in [0.25, 0.3) is 0 Å². The fourth-order valence-electron chi connectivity index (χ4n) is 2.77. The molecule has 25 heavy (non-hydrogen) atoms. The van der Waals surface area contributed by atoms with Crippen LogP contribution >= 0.6 is 0 Å². The fourth-order valence-corrected chi connectivity index (χ4v) is 2.77. The quantitative estimate of drug-likeness (QED) is 0.835. The van der Waals surface area contributed by atoms with E-state index in [-0.39, 0.29) is 12.2 Å². The number of nitrogens with zero attached hydrogens (tertiary/aromatic N) is 1. The highest BCUT2D eigenvalue weighted by atomic mass is 16.5. The van der Waals surface area contributed by atoms with Crippen molar-refractivity contribution in [2.75, 3.05) is 26.3 Å². The number of hydrogen-bond acceptors (Lipinski definition) is 5. The van der Waals surface area contributed by atoms with Crippen molar-refractivity contribution in [3.05, 3.63) is 59.7 Å². The molecular formula is C19H21NO5. The molecule has 1 unspecified atom stereocenters. The molecule has 1 atom stereocenters. The molecule has 0 spiro atoms. The lowest BCUT2D eigenvalue weighted by molar-refractivity contribution is 0.0636. The summed E-state index contributed by atoms with van der Waals surface area (Å²) >= 11 is 0. The van der Waals surface area contributed by atoms with Crippen molar-refractivity contribution in [2.24, 2.45) is 0 Å². The van der Waals surface area contributed by atoms with Gasteiger partial charge in [-0.25, -0.2) is 4.79 Å². The van der Waals surface area contributed by atoms with E-state index in [0.29, 0.717) is 18.9 Å². The Morgan fingerprint density at radius 1 is 1.20 bits per heavy atom. The zero-order valence-electron chi connectivity index (χ0n) is 13.8. The Morgan fingerprint density at radius 3 is 2.72 bits per heavy atom. The summed E-state index contributed by atoms with van der Waals surface area (Å²) < 4.78 is 11.3. The molecule has 1 heterocycles. The average molecular weight is 343 g/mol. The number of ether oxygens (including phenoxy) is 2. The first-order valence-corrected chi connectivity index (χ1v) is 8.19. The zero-order valence-corrected chi connectivity index (χ0v) is 13.8. The first-order valence-electron chi connectivity index (χ1n) is 8.19. The zero-order chi connectivity index (χ0) is 17.6. The minimum Gasteiger partial charge on any atom is -0.492 e. The van der Waals surface area contributed by atoms with Gasteiger partial charge >= 0.3 is 5.97 Å².